The summed E-state index contributed by atoms with van der Waals surface area (Å²) in [7, 11) is 0. The predicted octanol–water partition coefficient (Wildman–Crippen LogP) is 12.7. The fourth-order valence-corrected chi connectivity index (χ4v) is 7.73. The lowest BCUT2D eigenvalue weighted by Gasteiger charge is -2.28. The smallest absolute Gasteiger partial charge is 0.143 e. The maximum absolute atomic E-state index is 6.72. The van der Waals surface area contributed by atoms with Crippen molar-refractivity contribution in [3.8, 4) is 33.4 Å². The number of furan rings is 1. The number of benzene rings is 7. The first-order valence-electron chi connectivity index (χ1n) is 16.3. The third kappa shape index (κ3) is 4.26. The second kappa shape index (κ2) is 10.6. The second-order valence-corrected chi connectivity index (χ2v) is 12.9. The van der Waals surface area contributed by atoms with Gasteiger partial charge in [-0.1, -0.05) is 141 Å². The summed E-state index contributed by atoms with van der Waals surface area (Å²) >= 11 is 0. The van der Waals surface area contributed by atoms with Gasteiger partial charge in [0.25, 0.3) is 0 Å². The van der Waals surface area contributed by atoms with Crippen LogP contribution in [0.3, 0.4) is 0 Å². The molecule has 1 aliphatic carbocycles. The van der Waals surface area contributed by atoms with Gasteiger partial charge >= 0.3 is 0 Å². The SMILES string of the molecule is CC1(C)c2cccc(N(c3ccccc3)c3ccc4c(c3)oc3c(-c5ccccc5)cccc34)c2-c2cccc(-c3ccccc3)c21. The Hall–Kier alpha value is -5.86. The van der Waals surface area contributed by atoms with Crippen molar-refractivity contribution in [3.63, 3.8) is 0 Å². The van der Waals surface area contributed by atoms with E-state index in [-0.39, 0.29) is 5.41 Å². The average Bonchev–Trinajstić information content (AvgIpc) is 3.62. The van der Waals surface area contributed by atoms with E-state index in [2.05, 4.69) is 183 Å². The summed E-state index contributed by atoms with van der Waals surface area (Å²) in [5.41, 5.74) is 15.0. The molecule has 0 spiro atoms. The first-order chi connectivity index (χ1) is 23.1. The van der Waals surface area contributed by atoms with Crippen LogP contribution in [0, 0.1) is 0 Å². The average molecular weight is 604 g/mol. The third-order valence-electron chi connectivity index (χ3n) is 9.84. The van der Waals surface area contributed by atoms with Crippen LogP contribution in [0.2, 0.25) is 0 Å². The summed E-state index contributed by atoms with van der Waals surface area (Å²) in [6.45, 7) is 4.73. The summed E-state index contributed by atoms with van der Waals surface area (Å²) in [5.74, 6) is 0. The van der Waals surface area contributed by atoms with Gasteiger partial charge in [0.1, 0.15) is 11.2 Å². The Morgan fingerprint density at radius 2 is 1.11 bits per heavy atom. The molecular formula is C45H33NO. The molecule has 0 aliphatic heterocycles. The minimum absolute atomic E-state index is 0.175. The Morgan fingerprint density at radius 1 is 0.489 bits per heavy atom. The molecule has 1 aromatic heterocycles. The number of nitrogens with zero attached hydrogens (tertiary/aromatic N) is 1. The van der Waals surface area contributed by atoms with E-state index in [1.807, 2.05) is 0 Å². The molecule has 8 aromatic rings. The van der Waals surface area contributed by atoms with Crippen molar-refractivity contribution in [1.82, 2.24) is 0 Å². The van der Waals surface area contributed by atoms with Crippen LogP contribution in [0.25, 0.3) is 55.3 Å². The van der Waals surface area contributed by atoms with Crippen LogP contribution < -0.4 is 4.90 Å². The highest BCUT2D eigenvalue weighted by Crippen LogP contribution is 2.56. The maximum atomic E-state index is 6.72. The number of hydrogen-bond donors (Lipinski definition) is 0. The van der Waals surface area contributed by atoms with Gasteiger partial charge < -0.3 is 9.32 Å². The molecule has 0 N–H and O–H groups in total. The lowest BCUT2D eigenvalue weighted by Crippen LogP contribution is -2.17. The summed E-state index contributed by atoms with van der Waals surface area (Å²) in [5, 5.41) is 2.25. The Bertz CT molecular complexity index is 2420. The number of fused-ring (bicyclic) bond motifs is 6. The van der Waals surface area contributed by atoms with Gasteiger partial charge in [-0.05, 0) is 63.7 Å². The topological polar surface area (TPSA) is 16.4 Å². The number of para-hydroxylation sites is 2. The highest BCUT2D eigenvalue weighted by molar-refractivity contribution is 6.10. The van der Waals surface area contributed by atoms with E-state index >= 15 is 0 Å². The van der Waals surface area contributed by atoms with E-state index in [1.54, 1.807) is 0 Å². The molecule has 0 unspecified atom stereocenters. The standard InChI is InChI=1S/C45H33NO/c1-45(2)39-25-14-26-40(42(39)38-24-12-21-34(43(38)45)30-15-6-3-7-16-30)46(32-19-10-5-11-20-32)33-27-28-36-37-23-13-22-35(31-17-8-4-9-18-31)44(37)47-41(36)29-33/h3-29H,1-2H3. The molecule has 47 heavy (non-hydrogen) atoms. The molecule has 2 heteroatoms. The van der Waals surface area contributed by atoms with Crippen LogP contribution in [0.5, 0.6) is 0 Å². The van der Waals surface area contributed by atoms with E-state index < -0.39 is 0 Å². The number of rotatable bonds is 5. The molecule has 0 atom stereocenters. The molecule has 7 aromatic carbocycles. The minimum atomic E-state index is -0.175. The van der Waals surface area contributed by atoms with E-state index in [0.717, 1.165) is 50.1 Å². The van der Waals surface area contributed by atoms with Crippen molar-refractivity contribution in [3.05, 3.63) is 175 Å². The van der Waals surface area contributed by atoms with Crippen LogP contribution in [-0.2, 0) is 5.41 Å². The Balaban J connectivity index is 1.27. The largest absolute Gasteiger partial charge is 0.455 e. The van der Waals surface area contributed by atoms with Crippen LogP contribution in [0.15, 0.2) is 168 Å². The van der Waals surface area contributed by atoms with Gasteiger partial charge in [0.2, 0.25) is 0 Å². The van der Waals surface area contributed by atoms with Crippen LogP contribution in [0.1, 0.15) is 25.0 Å². The molecule has 0 fully saturated rings. The zero-order valence-electron chi connectivity index (χ0n) is 26.4. The van der Waals surface area contributed by atoms with E-state index in [9.17, 15) is 0 Å². The van der Waals surface area contributed by atoms with Crippen LogP contribution in [0.4, 0.5) is 17.1 Å². The van der Waals surface area contributed by atoms with Gasteiger partial charge in [-0.15, -0.1) is 0 Å². The van der Waals surface area contributed by atoms with Crippen molar-refractivity contribution in [2.24, 2.45) is 0 Å². The Labute approximate surface area is 275 Å². The molecule has 1 aliphatic rings. The Kier molecular flexibility index (Phi) is 6.20. The molecule has 1 heterocycles. The summed E-state index contributed by atoms with van der Waals surface area (Å²) in [6, 6.07) is 58.6. The molecule has 2 nitrogen and oxygen atoms in total. The highest BCUT2D eigenvalue weighted by atomic mass is 16.3. The minimum Gasteiger partial charge on any atom is -0.455 e. The molecule has 224 valence electrons. The molecule has 0 saturated carbocycles. The Morgan fingerprint density at radius 3 is 1.85 bits per heavy atom. The first-order valence-corrected chi connectivity index (χ1v) is 16.3. The van der Waals surface area contributed by atoms with Gasteiger partial charge in [0, 0.05) is 44.8 Å². The van der Waals surface area contributed by atoms with E-state index in [4.69, 9.17) is 4.42 Å². The summed E-state index contributed by atoms with van der Waals surface area (Å²) in [6.07, 6.45) is 0. The van der Waals surface area contributed by atoms with Crippen molar-refractivity contribution >= 4 is 39.0 Å². The normalized spacial score (nSPS) is 13.1. The third-order valence-corrected chi connectivity index (χ3v) is 9.84. The molecule has 0 saturated heterocycles. The maximum Gasteiger partial charge on any atom is 0.143 e. The quantitative estimate of drug-likeness (QED) is 0.195. The van der Waals surface area contributed by atoms with Crippen molar-refractivity contribution in [1.29, 1.82) is 0 Å². The predicted molar refractivity (Wildman–Crippen MR) is 197 cm³/mol. The zero-order valence-corrected chi connectivity index (χ0v) is 26.4. The van der Waals surface area contributed by atoms with Crippen LogP contribution >= 0.6 is 0 Å². The van der Waals surface area contributed by atoms with Gasteiger partial charge in [0.05, 0.1) is 5.69 Å². The fourth-order valence-electron chi connectivity index (χ4n) is 7.73. The monoisotopic (exact) mass is 603 g/mol. The highest BCUT2D eigenvalue weighted by Gasteiger charge is 2.39. The van der Waals surface area contributed by atoms with Crippen molar-refractivity contribution in [2.75, 3.05) is 4.90 Å². The number of hydrogen-bond acceptors (Lipinski definition) is 2. The molecular weight excluding hydrogens is 571 g/mol. The fraction of sp³-hybridized carbons (Fsp3) is 0.0667. The van der Waals surface area contributed by atoms with Crippen molar-refractivity contribution in [2.45, 2.75) is 19.3 Å². The van der Waals surface area contributed by atoms with Gasteiger partial charge in [-0.2, -0.15) is 0 Å². The van der Waals surface area contributed by atoms with Crippen LogP contribution in [-0.4, -0.2) is 0 Å². The van der Waals surface area contributed by atoms with E-state index in [0.29, 0.717) is 0 Å². The van der Waals surface area contributed by atoms with Gasteiger partial charge in [-0.25, -0.2) is 0 Å². The summed E-state index contributed by atoms with van der Waals surface area (Å²) in [4.78, 5) is 2.39. The molecule has 9 rings (SSSR count). The lowest BCUT2D eigenvalue weighted by molar-refractivity contribution is 0.662. The molecule has 0 bridgehead atoms. The van der Waals surface area contributed by atoms with Gasteiger partial charge in [0.15, 0.2) is 0 Å². The molecule has 0 radical (unpaired) electrons. The van der Waals surface area contributed by atoms with Crippen molar-refractivity contribution < 1.29 is 4.42 Å². The zero-order chi connectivity index (χ0) is 31.5. The first kappa shape index (κ1) is 27.5. The second-order valence-electron chi connectivity index (χ2n) is 12.9. The van der Waals surface area contributed by atoms with E-state index in [1.165, 1.54) is 33.4 Å². The lowest BCUT2D eigenvalue weighted by atomic mass is 9.79. The number of anilines is 3. The molecule has 0 amide bonds. The summed E-state index contributed by atoms with van der Waals surface area (Å²) < 4.78 is 6.72. The van der Waals surface area contributed by atoms with Gasteiger partial charge in [-0.3, -0.25) is 0 Å².